The van der Waals surface area contributed by atoms with Crippen molar-refractivity contribution in [2.75, 3.05) is 39.8 Å². The Morgan fingerprint density at radius 2 is 1.85 bits per heavy atom. The molecule has 1 saturated heterocycles. The monoisotopic (exact) mass is 369 g/mol. The summed E-state index contributed by atoms with van der Waals surface area (Å²) in [6.07, 6.45) is 1.63. The van der Waals surface area contributed by atoms with Gasteiger partial charge in [-0.1, -0.05) is 48.8 Å². The number of guanidine groups is 1. The van der Waals surface area contributed by atoms with Gasteiger partial charge in [0, 0.05) is 57.8 Å². The topological polar surface area (TPSA) is 56.9 Å². The van der Waals surface area contributed by atoms with Gasteiger partial charge in [-0.25, -0.2) is 0 Å². The number of nitrogens with one attached hydrogen (secondary N) is 1. The summed E-state index contributed by atoms with van der Waals surface area (Å²) in [7, 11) is 1.86. The molecule has 6 nitrogen and oxygen atoms in total. The predicted octanol–water partition coefficient (Wildman–Crippen LogP) is 2.65. The normalized spacial score (nSPS) is 16.6. The molecule has 2 heterocycles. The van der Waals surface area contributed by atoms with Crippen LogP contribution in [0.15, 0.2) is 46.1 Å². The average molecular weight is 370 g/mol. The van der Waals surface area contributed by atoms with Crippen molar-refractivity contribution < 1.29 is 4.52 Å². The van der Waals surface area contributed by atoms with E-state index in [9.17, 15) is 0 Å². The highest BCUT2D eigenvalue weighted by Gasteiger charge is 2.24. The number of benzene rings is 1. The van der Waals surface area contributed by atoms with Crippen LogP contribution in [0, 0.1) is 6.92 Å². The summed E-state index contributed by atoms with van der Waals surface area (Å²) in [4.78, 5) is 9.25. The second-order valence-electron chi connectivity index (χ2n) is 7.90. The lowest BCUT2D eigenvalue weighted by molar-refractivity contribution is 0.168. The van der Waals surface area contributed by atoms with E-state index in [0.29, 0.717) is 0 Å². The van der Waals surface area contributed by atoms with Gasteiger partial charge in [0.25, 0.3) is 0 Å². The van der Waals surface area contributed by atoms with Crippen LogP contribution >= 0.6 is 0 Å². The maximum atomic E-state index is 4.92. The Hall–Kier alpha value is -2.34. The zero-order chi connectivity index (χ0) is 19.3. The molecule has 27 heavy (non-hydrogen) atoms. The number of aliphatic imine (C=N–C) groups is 1. The van der Waals surface area contributed by atoms with Crippen LogP contribution in [0.3, 0.4) is 0 Å². The fraction of sp³-hybridized carbons (Fsp3) is 0.524. The minimum Gasteiger partial charge on any atom is -0.364 e. The lowest BCUT2D eigenvalue weighted by Gasteiger charge is -2.37. The van der Waals surface area contributed by atoms with Crippen molar-refractivity contribution in [1.29, 1.82) is 0 Å². The number of rotatable bonds is 5. The number of aryl methyl sites for hydroxylation is 1. The van der Waals surface area contributed by atoms with E-state index in [-0.39, 0.29) is 5.41 Å². The van der Waals surface area contributed by atoms with E-state index in [4.69, 9.17) is 4.52 Å². The Labute approximate surface area is 162 Å². The van der Waals surface area contributed by atoms with Gasteiger partial charge >= 0.3 is 0 Å². The van der Waals surface area contributed by atoms with Gasteiger partial charge in [-0.05, 0) is 12.5 Å². The van der Waals surface area contributed by atoms with Crippen LogP contribution in [0.1, 0.15) is 30.7 Å². The van der Waals surface area contributed by atoms with Crippen molar-refractivity contribution in [2.45, 2.75) is 32.7 Å². The maximum Gasteiger partial charge on any atom is 0.193 e. The molecule has 6 heteroatoms. The first-order chi connectivity index (χ1) is 13.0. The van der Waals surface area contributed by atoms with Gasteiger partial charge in [0.1, 0.15) is 6.26 Å². The van der Waals surface area contributed by atoms with E-state index in [2.05, 4.69) is 70.3 Å². The first kappa shape index (κ1) is 19.4. The molecule has 3 rings (SSSR count). The van der Waals surface area contributed by atoms with Gasteiger partial charge < -0.3 is 14.7 Å². The molecule has 0 radical (unpaired) electrons. The van der Waals surface area contributed by atoms with Crippen molar-refractivity contribution in [3.05, 3.63) is 53.4 Å². The van der Waals surface area contributed by atoms with Gasteiger partial charge in [-0.2, -0.15) is 0 Å². The third-order valence-electron chi connectivity index (χ3n) is 5.28. The third-order valence-corrected chi connectivity index (χ3v) is 5.28. The van der Waals surface area contributed by atoms with Gasteiger partial charge in [0.15, 0.2) is 5.96 Å². The molecule has 0 saturated carbocycles. The van der Waals surface area contributed by atoms with Crippen molar-refractivity contribution >= 4 is 5.96 Å². The highest BCUT2D eigenvalue weighted by Crippen LogP contribution is 2.22. The van der Waals surface area contributed by atoms with Crippen LogP contribution in [0.2, 0.25) is 0 Å². The summed E-state index contributed by atoms with van der Waals surface area (Å²) < 4.78 is 4.92. The fourth-order valence-corrected chi connectivity index (χ4v) is 3.41. The van der Waals surface area contributed by atoms with Crippen molar-refractivity contribution in [3.63, 3.8) is 0 Å². The average Bonchev–Trinajstić information content (AvgIpc) is 3.17. The number of piperazine rings is 1. The van der Waals surface area contributed by atoms with Gasteiger partial charge in [0.05, 0.1) is 5.69 Å². The Bertz CT molecular complexity index is 728. The molecule has 0 bridgehead atoms. The van der Waals surface area contributed by atoms with Crippen LogP contribution < -0.4 is 5.32 Å². The summed E-state index contributed by atoms with van der Waals surface area (Å²) in [6.45, 7) is 12.3. The molecule has 1 aromatic carbocycles. The molecule has 0 amide bonds. The van der Waals surface area contributed by atoms with E-state index < -0.39 is 0 Å². The first-order valence-corrected chi connectivity index (χ1v) is 9.62. The van der Waals surface area contributed by atoms with Crippen LogP contribution in [0.25, 0.3) is 0 Å². The number of nitrogens with zero attached hydrogens (tertiary/aromatic N) is 4. The van der Waals surface area contributed by atoms with E-state index in [0.717, 1.165) is 50.9 Å². The zero-order valence-electron chi connectivity index (χ0n) is 16.9. The molecule has 1 aromatic heterocycles. The van der Waals surface area contributed by atoms with Crippen LogP contribution in [-0.2, 0) is 12.0 Å². The molecule has 146 valence electrons. The lowest BCUT2D eigenvalue weighted by Crippen LogP contribution is -2.53. The zero-order valence-corrected chi connectivity index (χ0v) is 16.9. The van der Waals surface area contributed by atoms with E-state index in [1.165, 1.54) is 11.1 Å². The van der Waals surface area contributed by atoms with E-state index in [1.807, 2.05) is 13.1 Å². The summed E-state index contributed by atoms with van der Waals surface area (Å²) in [5.74, 6) is 0.983. The predicted molar refractivity (Wildman–Crippen MR) is 109 cm³/mol. The summed E-state index contributed by atoms with van der Waals surface area (Å²) in [5.41, 5.74) is 3.67. The standard InChI is InChI=1S/C21H31N5O/c1-17-5-7-18(8-6-17)21(2,3)16-23-20(22-4)26-12-10-25(11-13-26)15-19-9-14-27-24-19/h5-9,14H,10-13,15-16H2,1-4H3,(H,22,23). The van der Waals surface area contributed by atoms with Gasteiger partial charge in [-0.15, -0.1) is 0 Å². The highest BCUT2D eigenvalue weighted by molar-refractivity contribution is 5.80. The Balaban J connectivity index is 1.51. The molecule has 0 aliphatic carbocycles. The largest absolute Gasteiger partial charge is 0.364 e. The summed E-state index contributed by atoms with van der Waals surface area (Å²) in [6, 6.07) is 10.7. The minimum absolute atomic E-state index is 0.0401. The molecule has 1 aliphatic heterocycles. The van der Waals surface area contributed by atoms with E-state index >= 15 is 0 Å². The molecular formula is C21H31N5O. The Morgan fingerprint density at radius 1 is 1.15 bits per heavy atom. The Kier molecular flexibility index (Phi) is 6.16. The number of hydrogen-bond acceptors (Lipinski definition) is 4. The quantitative estimate of drug-likeness (QED) is 0.649. The lowest BCUT2D eigenvalue weighted by atomic mass is 9.84. The molecule has 1 N–H and O–H groups in total. The summed E-state index contributed by atoms with van der Waals surface area (Å²) in [5, 5.41) is 7.59. The highest BCUT2D eigenvalue weighted by atomic mass is 16.5. The Morgan fingerprint density at radius 3 is 2.44 bits per heavy atom. The maximum absolute atomic E-state index is 4.92. The molecule has 1 aliphatic rings. The molecular weight excluding hydrogens is 338 g/mol. The van der Waals surface area contributed by atoms with Crippen LogP contribution in [0.5, 0.6) is 0 Å². The molecule has 0 unspecified atom stereocenters. The number of hydrogen-bond donors (Lipinski definition) is 1. The van der Waals surface area contributed by atoms with E-state index in [1.54, 1.807) is 6.26 Å². The van der Waals surface area contributed by atoms with Gasteiger partial charge in [-0.3, -0.25) is 9.89 Å². The first-order valence-electron chi connectivity index (χ1n) is 9.62. The van der Waals surface area contributed by atoms with Gasteiger partial charge in [0.2, 0.25) is 0 Å². The second kappa shape index (κ2) is 8.57. The van der Waals surface area contributed by atoms with Crippen LogP contribution in [-0.4, -0.2) is 60.7 Å². The van der Waals surface area contributed by atoms with Crippen molar-refractivity contribution in [3.8, 4) is 0 Å². The second-order valence-corrected chi connectivity index (χ2v) is 7.90. The van der Waals surface area contributed by atoms with Crippen molar-refractivity contribution in [1.82, 2.24) is 20.3 Å². The minimum atomic E-state index is 0.0401. The van der Waals surface area contributed by atoms with Crippen molar-refractivity contribution in [2.24, 2.45) is 4.99 Å². The fourth-order valence-electron chi connectivity index (χ4n) is 3.41. The molecule has 0 atom stereocenters. The smallest absolute Gasteiger partial charge is 0.193 e. The molecule has 0 spiro atoms. The third kappa shape index (κ3) is 5.10. The SMILES string of the molecule is CN=C(NCC(C)(C)c1ccc(C)cc1)N1CCN(Cc2ccon2)CC1. The summed E-state index contributed by atoms with van der Waals surface area (Å²) >= 11 is 0. The van der Waals surface area contributed by atoms with Crippen LogP contribution in [0.4, 0.5) is 0 Å². The number of aromatic nitrogens is 1. The molecule has 2 aromatic rings. The molecule has 1 fully saturated rings.